The summed E-state index contributed by atoms with van der Waals surface area (Å²) in [6.45, 7) is 0. The maximum absolute atomic E-state index is 10.9. The molecule has 1 aliphatic carbocycles. The molecule has 8 heteroatoms. The zero-order chi connectivity index (χ0) is 13.2. The minimum atomic E-state index is -0.688. The van der Waals surface area contributed by atoms with Crippen LogP contribution in [0, 0.1) is 5.92 Å². The normalized spacial score (nSPS) is 23.4. The Morgan fingerprint density at radius 1 is 1.32 bits per heavy atom. The monoisotopic (exact) mass is 262 g/mol. The van der Waals surface area contributed by atoms with Crippen molar-refractivity contribution in [3.63, 3.8) is 0 Å². The van der Waals surface area contributed by atoms with Crippen LogP contribution in [0.3, 0.4) is 0 Å². The topological polar surface area (TPSA) is 105 Å². The van der Waals surface area contributed by atoms with Gasteiger partial charge in [-0.3, -0.25) is 4.79 Å². The van der Waals surface area contributed by atoms with Gasteiger partial charge in [-0.25, -0.2) is 0 Å². The van der Waals surface area contributed by atoms with Gasteiger partial charge in [0.1, 0.15) is 5.82 Å². The lowest BCUT2D eigenvalue weighted by Gasteiger charge is -2.27. The summed E-state index contributed by atoms with van der Waals surface area (Å²) in [5, 5.41) is 27.5. The standard InChI is InChI=1S/C11H14N6O2/c18-11(19)7-1-3-8(4-2-7)12-9-5-6-10-13-15-16-17(10)14-9/h5-8H,1-4H2,(H,12,14)(H,18,19). The van der Waals surface area contributed by atoms with E-state index >= 15 is 0 Å². The van der Waals surface area contributed by atoms with Gasteiger partial charge in [0.2, 0.25) is 0 Å². The zero-order valence-corrected chi connectivity index (χ0v) is 10.2. The van der Waals surface area contributed by atoms with Crippen LogP contribution in [0.5, 0.6) is 0 Å². The molecule has 0 atom stereocenters. The molecule has 8 nitrogen and oxygen atoms in total. The Morgan fingerprint density at radius 2 is 2.11 bits per heavy atom. The third kappa shape index (κ3) is 2.47. The summed E-state index contributed by atoms with van der Waals surface area (Å²) in [6, 6.07) is 3.88. The maximum atomic E-state index is 10.9. The number of nitrogens with zero attached hydrogens (tertiary/aromatic N) is 5. The van der Waals surface area contributed by atoms with Crippen LogP contribution in [0.25, 0.3) is 5.65 Å². The molecular formula is C11H14N6O2. The number of carbonyl (C=O) groups is 1. The predicted molar refractivity (Wildman–Crippen MR) is 65.6 cm³/mol. The van der Waals surface area contributed by atoms with Crippen molar-refractivity contribution in [2.45, 2.75) is 31.7 Å². The highest BCUT2D eigenvalue weighted by Gasteiger charge is 2.25. The second kappa shape index (κ2) is 4.79. The van der Waals surface area contributed by atoms with Gasteiger partial charge in [-0.1, -0.05) is 0 Å². The lowest BCUT2D eigenvalue weighted by molar-refractivity contribution is -0.142. The molecule has 19 heavy (non-hydrogen) atoms. The summed E-state index contributed by atoms with van der Waals surface area (Å²) in [5.74, 6) is -0.182. The molecule has 0 amide bonds. The number of tetrazole rings is 1. The molecule has 1 aliphatic rings. The number of anilines is 1. The Hall–Kier alpha value is -2.25. The van der Waals surface area contributed by atoms with E-state index in [9.17, 15) is 4.79 Å². The van der Waals surface area contributed by atoms with Crippen LogP contribution in [0.1, 0.15) is 25.7 Å². The Balaban J connectivity index is 1.64. The van der Waals surface area contributed by atoms with E-state index in [0.29, 0.717) is 24.3 Å². The third-order valence-electron chi connectivity index (χ3n) is 3.50. The average Bonchev–Trinajstić information content (AvgIpc) is 2.87. The van der Waals surface area contributed by atoms with Crippen LogP contribution in [-0.2, 0) is 4.79 Å². The maximum Gasteiger partial charge on any atom is 0.306 e. The van der Waals surface area contributed by atoms with E-state index in [-0.39, 0.29) is 12.0 Å². The molecule has 0 aliphatic heterocycles. The van der Waals surface area contributed by atoms with Crippen molar-refractivity contribution >= 4 is 17.4 Å². The van der Waals surface area contributed by atoms with Crippen molar-refractivity contribution in [1.82, 2.24) is 25.3 Å². The minimum Gasteiger partial charge on any atom is -0.481 e. The number of aliphatic carboxylic acids is 1. The van der Waals surface area contributed by atoms with Crippen molar-refractivity contribution < 1.29 is 9.90 Å². The lowest BCUT2D eigenvalue weighted by atomic mass is 9.86. The SMILES string of the molecule is O=C(O)C1CCC(Nc2ccc3nnnn3n2)CC1. The van der Waals surface area contributed by atoms with Crippen LogP contribution in [0.15, 0.2) is 12.1 Å². The fraction of sp³-hybridized carbons (Fsp3) is 0.545. The molecule has 3 rings (SSSR count). The molecule has 0 radical (unpaired) electrons. The highest BCUT2D eigenvalue weighted by molar-refractivity contribution is 5.70. The average molecular weight is 262 g/mol. The van der Waals surface area contributed by atoms with Gasteiger partial charge >= 0.3 is 5.97 Å². The van der Waals surface area contributed by atoms with Crippen molar-refractivity contribution in [2.75, 3.05) is 5.32 Å². The summed E-state index contributed by atoms with van der Waals surface area (Å²) < 4.78 is 1.37. The largest absolute Gasteiger partial charge is 0.481 e. The van der Waals surface area contributed by atoms with Crippen LogP contribution >= 0.6 is 0 Å². The Bertz CT molecular complexity index is 590. The van der Waals surface area contributed by atoms with Gasteiger partial charge in [-0.2, -0.15) is 0 Å². The molecule has 2 heterocycles. The molecule has 0 spiro atoms. The number of fused-ring (bicyclic) bond motifs is 1. The van der Waals surface area contributed by atoms with Gasteiger partial charge in [-0.05, 0) is 48.2 Å². The molecule has 0 aromatic carbocycles. The van der Waals surface area contributed by atoms with Gasteiger partial charge in [-0.15, -0.1) is 14.8 Å². The molecule has 0 bridgehead atoms. The summed E-state index contributed by atoms with van der Waals surface area (Å²) in [4.78, 5) is 10.9. The van der Waals surface area contributed by atoms with E-state index < -0.39 is 5.97 Å². The van der Waals surface area contributed by atoms with Crippen LogP contribution < -0.4 is 5.32 Å². The zero-order valence-electron chi connectivity index (χ0n) is 10.2. The van der Waals surface area contributed by atoms with Crippen molar-refractivity contribution in [3.05, 3.63) is 12.1 Å². The fourth-order valence-corrected chi connectivity index (χ4v) is 2.42. The highest BCUT2D eigenvalue weighted by Crippen LogP contribution is 2.26. The van der Waals surface area contributed by atoms with Crippen LogP contribution in [-0.4, -0.2) is 42.4 Å². The number of carboxylic acids is 1. The molecule has 2 aromatic rings. The number of hydrogen-bond donors (Lipinski definition) is 2. The predicted octanol–water partition coefficient (Wildman–Crippen LogP) is 0.575. The molecular weight excluding hydrogens is 248 g/mol. The lowest BCUT2D eigenvalue weighted by Crippen LogP contribution is -2.29. The second-order valence-electron chi connectivity index (χ2n) is 4.78. The fourth-order valence-electron chi connectivity index (χ4n) is 2.42. The summed E-state index contributed by atoms with van der Waals surface area (Å²) >= 11 is 0. The smallest absolute Gasteiger partial charge is 0.306 e. The van der Waals surface area contributed by atoms with Crippen molar-refractivity contribution in [1.29, 1.82) is 0 Å². The number of hydrogen-bond acceptors (Lipinski definition) is 6. The van der Waals surface area contributed by atoms with Crippen molar-refractivity contribution in [2.24, 2.45) is 5.92 Å². The first kappa shape index (κ1) is 11.8. The molecule has 2 aromatic heterocycles. The molecule has 1 saturated carbocycles. The number of rotatable bonds is 3. The van der Waals surface area contributed by atoms with Gasteiger partial charge < -0.3 is 10.4 Å². The van der Waals surface area contributed by atoms with E-state index in [0.717, 1.165) is 12.8 Å². The van der Waals surface area contributed by atoms with E-state index in [4.69, 9.17) is 5.11 Å². The summed E-state index contributed by atoms with van der Waals surface area (Å²) in [7, 11) is 0. The molecule has 0 unspecified atom stereocenters. The third-order valence-corrected chi connectivity index (χ3v) is 3.50. The van der Waals surface area contributed by atoms with Crippen LogP contribution in [0.4, 0.5) is 5.82 Å². The van der Waals surface area contributed by atoms with Gasteiger partial charge in [0.15, 0.2) is 5.65 Å². The van der Waals surface area contributed by atoms with Crippen LogP contribution in [0.2, 0.25) is 0 Å². The van der Waals surface area contributed by atoms with Gasteiger partial charge in [0, 0.05) is 6.04 Å². The molecule has 0 saturated heterocycles. The Labute approximate surface area is 108 Å². The van der Waals surface area contributed by atoms with Gasteiger partial charge in [0.05, 0.1) is 5.92 Å². The molecule has 1 fully saturated rings. The molecule has 100 valence electrons. The molecule has 2 N–H and O–H groups in total. The van der Waals surface area contributed by atoms with E-state index in [1.54, 1.807) is 6.07 Å². The minimum absolute atomic E-state index is 0.201. The number of carboxylic acid groups (broad SMARTS) is 1. The Morgan fingerprint density at radius 3 is 2.84 bits per heavy atom. The van der Waals surface area contributed by atoms with E-state index in [1.807, 2.05) is 6.07 Å². The van der Waals surface area contributed by atoms with Crippen molar-refractivity contribution in [3.8, 4) is 0 Å². The van der Waals surface area contributed by atoms with E-state index in [2.05, 4.69) is 25.9 Å². The number of nitrogens with one attached hydrogen (secondary N) is 1. The van der Waals surface area contributed by atoms with Gasteiger partial charge in [0.25, 0.3) is 0 Å². The number of aromatic nitrogens is 5. The quantitative estimate of drug-likeness (QED) is 0.833. The summed E-state index contributed by atoms with van der Waals surface area (Å²) in [5.41, 5.74) is 0.597. The first-order valence-corrected chi connectivity index (χ1v) is 6.27. The first-order chi connectivity index (χ1) is 9.22. The highest BCUT2D eigenvalue weighted by atomic mass is 16.4. The second-order valence-corrected chi connectivity index (χ2v) is 4.78. The first-order valence-electron chi connectivity index (χ1n) is 6.27. The summed E-state index contributed by atoms with van der Waals surface area (Å²) in [6.07, 6.45) is 3.10. The Kier molecular flexibility index (Phi) is 2.98. The van der Waals surface area contributed by atoms with E-state index in [1.165, 1.54) is 4.63 Å².